The molecule has 0 spiro atoms. The van der Waals surface area contributed by atoms with Crippen molar-refractivity contribution in [2.75, 3.05) is 6.67 Å². The fraction of sp³-hybridized carbons (Fsp3) is 0.714. The first-order valence-electron chi connectivity index (χ1n) is 9.72. The Morgan fingerprint density at radius 1 is 1.10 bits per heavy atom. The second kappa shape index (κ2) is 10.8. The molecule has 0 amide bonds. The summed E-state index contributed by atoms with van der Waals surface area (Å²) in [5, 5.41) is 28.5. The predicted octanol–water partition coefficient (Wildman–Crippen LogP) is 4.68. The molecule has 9 heteroatoms. The second-order valence-corrected chi connectivity index (χ2v) is 8.65. The Labute approximate surface area is 172 Å². The molecule has 0 radical (unpaired) electrons. The largest absolute Gasteiger partial charge is 0.423 e. The van der Waals surface area contributed by atoms with Gasteiger partial charge in [-0.3, -0.25) is 0 Å². The fourth-order valence-electron chi connectivity index (χ4n) is 3.24. The molecule has 1 rings (SSSR count). The van der Waals surface area contributed by atoms with E-state index in [4.69, 9.17) is 0 Å². The lowest BCUT2D eigenvalue weighted by molar-refractivity contribution is -0.243. The first-order valence-corrected chi connectivity index (χ1v) is 9.72. The SMILES string of the molecule is CC(C)(CC=CC(O)(CF)C(F)(F)F)CC(F)C(F)C=CC=C1C[C@@H](O)C[C@H](O)C1. The van der Waals surface area contributed by atoms with Crippen LogP contribution >= 0.6 is 0 Å². The van der Waals surface area contributed by atoms with Crippen LogP contribution in [-0.2, 0) is 0 Å². The van der Waals surface area contributed by atoms with Crippen molar-refractivity contribution in [3.63, 3.8) is 0 Å². The normalized spacial score (nSPS) is 25.5. The van der Waals surface area contributed by atoms with Gasteiger partial charge in [-0.1, -0.05) is 37.6 Å². The van der Waals surface area contributed by atoms with E-state index < -0.39 is 48.4 Å². The minimum atomic E-state index is -5.18. The van der Waals surface area contributed by atoms with Crippen LogP contribution in [0.1, 0.15) is 46.0 Å². The summed E-state index contributed by atoms with van der Waals surface area (Å²) in [7, 11) is 0. The molecule has 1 aliphatic carbocycles. The van der Waals surface area contributed by atoms with Gasteiger partial charge >= 0.3 is 6.18 Å². The van der Waals surface area contributed by atoms with Crippen LogP contribution in [0.15, 0.2) is 36.0 Å². The number of aliphatic hydroxyl groups is 3. The van der Waals surface area contributed by atoms with Crippen molar-refractivity contribution in [2.24, 2.45) is 5.41 Å². The minimum absolute atomic E-state index is 0.123. The Kier molecular flexibility index (Phi) is 9.63. The van der Waals surface area contributed by atoms with Gasteiger partial charge in [-0.15, -0.1) is 0 Å². The number of allylic oxidation sites excluding steroid dienone is 4. The molecule has 174 valence electrons. The molecule has 1 saturated carbocycles. The molecule has 5 atom stereocenters. The lowest BCUT2D eigenvalue weighted by Gasteiger charge is -2.27. The zero-order valence-electron chi connectivity index (χ0n) is 17.0. The molecule has 0 heterocycles. The highest BCUT2D eigenvalue weighted by Gasteiger charge is 2.52. The summed E-state index contributed by atoms with van der Waals surface area (Å²) >= 11 is 0. The van der Waals surface area contributed by atoms with E-state index in [9.17, 15) is 41.7 Å². The molecule has 0 bridgehead atoms. The van der Waals surface area contributed by atoms with Crippen molar-refractivity contribution < 1.29 is 41.7 Å². The summed E-state index contributed by atoms with van der Waals surface area (Å²) in [6.45, 7) is 1.00. The van der Waals surface area contributed by atoms with Crippen LogP contribution in [0.5, 0.6) is 0 Å². The zero-order valence-corrected chi connectivity index (χ0v) is 17.0. The Morgan fingerprint density at radius 3 is 2.17 bits per heavy atom. The average molecular weight is 444 g/mol. The maximum Gasteiger partial charge on any atom is 0.423 e. The number of aliphatic hydroxyl groups excluding tert-OH is 2. The van der Waals surface area contributed by atoms with Crippen molar-refractivity contribution in [1.29, 1.82) is 0 Å². The van der Waals surface area contributed by atoms with Gasteiger partial charge in [0.25, 0.3) is 0 Å². The molecule has 1 fully saturated rings. The smallest absolute Gasteiger partial charge is 0.393 e. The first-order chi connectivity index (χ1) is 13.7. The average Bonchev–Trinajstić information content (AvgIpc) is 2.58. The fourth-order valence-corrected chi connectivity index (χ4v) is 3.24. The summed E-state index contributed by atoms with van der Waals surface area (Å²) in [6.07, 6.45) is -4.82. The van der Waals surface area contributed by atoms with E-state index in [-0.39, 0.29) is 19.3 Å². The summed E-state index contributed by atoms with van der Waals surface area (Å²) in [5.74, 6) is 0. The van der Waals surface area contributed by atoms with Crippen molar-refractivity contribution >= 4 is 0 Å². The van der Waals surface area contributed by atoms with Crippen LogP contribution in [0.2, 0.25) is 0 Å². The van der Waals surface area contributed by atoms with E-state index in [0.717, 1.165) is 17.7 Å². The van der Waals surface area contributed by atoms with Gasteiger partial charge in [0.2, 0.25) is 5.60 Å². The van der Waals surface area contributed by atoms with Gasteiger partial charge in [0, 0.05) is 0 Å². The number of rotatable bonds is 9. The molecule has 3 nitrogen and oxygen atoms in total. The number of halogens is 6. The van der Waals surface area contributed by atoms with Crippen LogP contribution in [-0.4, -0.2) is 58.3 Å². The standard InChI is InChI=1S/C21H30F6O3/c1-19(2,7-4-8-20(30,13-22)21(25,26)27)12-18(24)17(23)6-3-5-14-9-15(28)11-16(29)10-14/h3-6,8,15-18,28-30H,7,9-13H2,1-2H3/t15-,16-,17?,18?,20?/m1/s1. The van der Waals surface area contributed by atoms with Gasteiger partial charge in [-0.2, -0.15) is 13.2 Å². The van der Waals surface area contributed by atoms with Crippen molar-refractivity contribution in [3.05, 3.63) is 36.0 Å². The monoisotopic (exact) mass is 444 g/mol. The van der Waals surface area contributed by atoms with Gasteiger partial charge < -0.3 is 15.3 Å². The number of alkyl halides is 6. The van der Waals surface area contributed by atoms with Crippen molar-refractivity contribution in [2.45, 2.75) is 82.3 Å². The molecule has 0 aromatic rings. The molecule has 0 aliphatic heterocycles. The topological polar surface area (TPSA) is 60.7 Å². The van der Waals surface area contributed by atoms with E-state index in [1.807, 2.05) is 0 Å². The quantitative estimate of drug-likeness (QED) is 0.358. The number of hydrogen-bond acceptors (Lipinski definition) is 3. The third kappa shape index (κ3) is 8.43. The van der Waals surface area contributed by atoms with E-state index in [1.54, 1.807) is 0 Å². The second-order valence-electron chi connectivity index (χ2n) is 8.65. The van der Waals surface area contributed by atoms with Gasteiger partial charge in [0.05, 0.1) is 12.2 Å². The minimum Gasteiger partial charge on any atom is -0.393 e. The van der Waals surface area contributed by atoms with Crippen LogP contribution in [0.25, 0.3) is 0 Å². The van der Waals surface area contributed by atoms with Crippen molar-refractivity contribution in [1.82, 2.24) is 0 Å². The van der Waals surface area contributed by atoms with E-state index in [2.05, 4.69) is 0 Å². The Morgan fingerprint density at radius 2 is 1.67 bits per heavy atom. The van der Waals surface area contributed by atoms with Gasteiger partial charge in [-0.05, 0) is 49.7 Å². The maximum absolute atomic E-state index is 14.3. The lowest BCUT2D eigenvalue weighted by Crippen LogP contribution is -2.45. The van der Waals surface area contributed by atoms with Crippen LogP contribution in [0.3, 0.4) is 0 Å². The number of hydrogen-bond donors (Lipinski definition) is 3. The molecule has 0 aromatic heterocycles. The Balaban J connectivity index is 2.62. The zero-order chi connectivity index (χ0) is 23.2. The molecule has 3 unspecified atom stereocenters. The predicted molar refractivity (Wildman–Crippen MR) is 102 cm³/mol. The highest BCUT2D eigenvalue weighted by molar-refractivity contribution is 5.17. The summed E-state index contributed by atoms with van der Waals surface area (Å²) < 4.78 is 78.9. The van der Waals surface area contributed by atoms with Crippen molar-refractivity contribution in [3.8, 4) is 0 Å². The molecule has 1 aliphatic rings. The first kappa shape index (κ1) is 26.7. The Bertz CT molecular complexity index is 617. The molecule has 3 N–H and O–H groups in total. The van der Waals surface area contributed by atoms with Gasteiger partial charge in [-0.25, -0.2) is 13.2 Å². The maximum atomic E-state index is 14.3. The third-order valence-electron chi connectivity index (χ3n) is 5.02. The summed E-state index contributed by atoms with van der Waals surface area (Å²) in [6, 6.07) is 0. The highest BCUT2D eigenvalue weighted by Crippen LogP contribution is 2.34. The van der Waals surface area contributed by atoms with Crippen LogP contribution < -0.4 is 0 Å². The summed E-state index contributed by atoms with van der Waals surface area (Å²) in [4.78, 5) is 0. The molecule has 30 heavy (non-hydrogen) atoms. The molecule has 0 aromatic carbocycles. The van der Waals surface area contributed by atoms with E-state index in [0.29, 0.717) is 18.9 Å². The van der Waals surface area contributed by atoms with E-state index >= 15 is 0 Å². The Hall–Kier alpha value is -1.32. The summed E-state index contributed by atoms with van der Waals surface area (Å²) in [5.41, 5.74) is -3.82. The van der Waals surface area contributed by atoms with Gasteiger partial charge in [0.1, 0.15) is 19.0 Å². The van der Waals surface area contributed by atoms with E-state index in [1.165, 1.54) is 26.0 Å². The van der Waals surface area contributed by atoms with Crippen LogP contribution in [0, 0.1) is 5.41 Å². The van der Waals surface area contributed by atoms with Gasteiger partial charge in [0.15, 0.2) is 0 Å². The lowest BCUT2D eigenvalue weighted by atomic mass is 9.82. The third-order valence-corrected chi connectivity index (χ3v) is 5.02. The highest BCUT2D eigenvalue weighted by atomic mass is 19.4. The molecule has 0 saturated heterocycles. The molecular formula is C21H30F6O3. The van der Waals surface area contributed by atoms with Crippen LogP contribution in [0.4, 0.5) is 26.3 Å². The molecular weight excluding hydrogens is 414 g/mol.